The fourth-order valence-electron chi connectivity index (χ4n) is 2.81. The number of carbonyl (C=O) groups is 2. The van der Waals surface area contributed by atoms with Gasteiger partial charge in [-0.3, -0.25) is 9.59 Å². The maximum Gasteiger partial charge on any atom is 0.245 e. The first-order valence-corrected chi connectivity index (χ1v) is 6.65. The normalized spacial score (nSPS) is 23.7. The first-order chi connectivity index (χ1) is 9.15. The van der Waals surface area contributed by atoms with Crippen molar-refractivity contribution in [1.29, 1.82) is 0 Å². The molecule has 1 unspecified atom stereocenters. The number of fused-ring (bicyclic) bond motifs is 1. The summed E-state index contributed by atoms with van der Waals surface area (Å²) in [6.07, 6.45) is 3.71. The van der Waals surface area contributed by atoms with Crippen molar-refractivity contribution in [2.75, 3.05) is 13.1 Å². The van der Waals surface area contributed by atoms with Crippen molar-refractivity contribution in [2.24, 2.45) is 0 Å². The zero-order valence-electron chi connectivity index (χ0n) is 11.0. The van der Waals surface area contributed by atoms with Crippen LogP contribution in [0.2, 0.25) is 0 Å². The molecule has 3 rings (SSSR count). The molecule has 2 aliphatic heterocycles. The van der Waals surface area contributed by atoms with E-state index < -0.39 is 0 Å². The van der Waals surface area contributed by atoms with Crippen LogP contribution < -0.4 is 0 Å². The molecule has 1 atom stereocenters. The highest BCUT2D eigenvalue weighted by molar-refractivity contribution is 5.90. The van der Waals surface area contributed by atoms with Crippen LogP contribution in [-0.2, 0) is 16.1 Å². The maximum absolute atomic E-state index is 12.4. The molecule has 0 radical (unpaired) electrons. The van der Waals surface area contributed by atoms with Crippen molar-refractivity contribution in [3.8, 4) is 0 Å². The predicted octanol–water partition coefficient (Wildman–Crippen LogP) is 0.706. The molecule has 0 saturated carbocycles. The van der Waals surface area contributed by atoms with Gasteiger partial charge in [0.05, 0.1) is 12.7 Å². The summed E-state index contributed by atoms with van der Waals surface area (Å²) < 4.78 is 5.41. The molecule has 0 spiro atoms. The molecule has 2 fully saturated rings. The van der Waals surface area contributed by atoms with Gasteiger partial charge in [-0.25, -0.2) is 4.98 Å². The Bertz CT molecular complexity index is 511. The highest BCUT2D eigenvalue weighted by Gasteiger charge is 2.39. The van der Waals surface area contributed by atoms with Crippen LogP contribution in [0.3, 0.4) is 0 Å². The van der Waals surface area contributed by atoms with E-state index >= 15 is 0 Å². The molecule has 102 valence electrons. The molecule has 0 bridgehead atoms. The molecule has 6 nitrogen and oxygen atoms in total. The summed E-state index contributed by atoms with van der Waals surface area (Å²) in [6.45, 7) is 3.33. The first-order valence-electron chi connectivity index (χ1n) is 6.65. The average Bonchev–Trinajstić information content (AvgIpc) is 2.99. The van der Waals surface area contributed by atoms with Gasteiger partial charge in [-0.15, -0.1) is 0 Å². The Labute approximate surface area is 111 Å². The van der Waals surface area contributed by atoms with Crippen LogP contribution in [0.15, 0.2) is 10.6 Å². The van der Waals surface area contributed by atoms with Crippen LogP contribution in [-0.4, -0.2) is 45.7 Å². The molecule has 19 heavy (non-hydrogen) atoms. The van der Waals surface area contributed by atoms with Gasteiger partial charge in [-0.1, -0.05) is 0 Å². The first kappa shape index (κ1) is 12.2. The number of rotatable bonds is 2. The third-order valence-corrected chi connectivity index (χ3v) is 3.76. The zero-order chi connectivity index (χ0) is 13.4. The van der Waals surface area contributed by atoms with Crippen LogP contribution in [0.1, 0.15) is 30.9 Å². The number of oxazole rings is 1. The number of carbonyl (C=O) groups excluding carboxylic acids is 2. The number of hydrogen-bond donors (Lipinski definition) is 0. The van der Waals surface area contributed by atoms with Crippen LogP contribution in [0, 0.1) is 6.92 Å². The monoisotopic (exact) mass is 263 g/mol. The van der Waals surface area contributed by atoms with Gasteiger partial charge in [0.25, 0.3) is 0 Å². The van der Waals surface area contributed by atoms with E-state index in [4.69, 9.17) is 4.42 Å². The van der Waals surface area contributed by atoms with E-state index in [0.717, 1.165) is 18.6 Å². The third-order valence-electron chi connectivity index (χ3n) is 3.76. The van der Waals surface area contributed by atoms with Gasteiger partial charge in [0, 0.05) is 19.5 Å². The topological polar surface area (TPSA) is 66.7 Å². The van der Waals surface area contributed by atoms with Crippen molar-refractivity contribution in [2.45, 2.75) is 38.8 Å². The second-order valence-corrected chi connectivity index (χ2v) is 5.12. The molecule has 2 amide bonds. The number of nitrogens with zero attached hydrogens (tertiary/aromatic N) is 3. The smallest absolute Gasteiger partial charge is 0.245 e. The Hall–Kier alpha value is -1.85. The van der Waals surface area contributed by atoms with Crippen molar-refractivity contribution >= 4 is 11.8 Å². The van der Waals surface area contributed by atoms with E-state index in [0.29, 0.717) is 31.9 Å². The largest absolute Gasteiger partial charge is 0.444 e. The van der Waals surface area contributed by atoms with Gasteiger partial charge in [0.1, 0.15) is 11.8 Å². The Morgan fingerprint density at radius 2 is 2.26 bits per heavy atom. The summed E-state index contributed by atoms with van der Waals surface area (Å²) in [5, 5.41) is 0. The fourth-order valence-corrected chi connectivity index (χ4v) is 2.81. The molecule has 1 aromatic heterocycles. The molecule has 2 aliphatic rings. The van der Waals surface area contributed by atoms with Gasteiger partial charge in [0.2, 0.25) is 17.7 Å². The number of hydrogen-bond acceptors (Lipinski definition) is 4. The van der Waals surface area contributed by atoms with Crippen LogP contribution in [0.25, 0.3) is 0 Å². The second-order valence-electron chi connectivity index (χ2n) is 5.12. The minimum atomic E-state index is -0.272. The van der Waals surface area contributed by atoms with Crippen molar-refractivity contribution in [3.05, 3.63) is 17.8 Å². The Balaban J connectivity index is 1.78. The lowest BCUT2D eigenvalue weighted by Crippen LogP contribution is -2.43. The molecular weight excluding hydrogens is 246 g/mol. The lowest BCUT2D eigenvalue weighted by atomic mass is 10.2. The van der Waals surface area contributed by atoms with Crippen molar-refractivity contribution in [3.63, 3.8) is 0 Å². The van der Waals surface area contributed by atoms with E-state index in [1.807, 2.05) is 6.92 Å². The van der Waals surface area contributed by atoms with Gasteiger partial charge in [-0.2, -0.15) is 0 Å². The molecule has 6 heteroatoms. The van der Waals surface area contributed by atoms with E-state index in [1.165, 1.54) is 0 Å². The maximum atomic E-state index is 12.4. The summed E-state index contributed by atoms with van der Waals surface area (Å²) >= 11 is 0. The van der Waals surface area contributed by atoms with Crippen LogP contribution in [0.5, 0.6) is 0 Å². The lowest BCUT2D eigenvalue weighted by Gasteiger charge is -2.24. The molecule has 0 aromatic carbocycles. The van der Waals surface area contributed by atoms with Gasteiger partial charge < -0.3 is 14.2 Å². The van der Waals surface area contributed by atoms with E-state index in [1.54, 1.807) is 16.0 Å². The van der Waals surface area contributed by atoms with Crippen LogP contribution in [0.4, 0.5) is 0 Å². The molecule has 0 aliphatic carbocycles. The van der Waals surface area contributed by atoms with Gasteiger partial charge >= 0.3 is 0 Å². The van der Waals surface area contributed by atoms with Crippen molar-refractivity contribution in [1.82, 2.24) is 14.8 Å². The zero-order valence-corrected chi connectivity index (χ0v) is 11.0. The van der Waals surface area contributed by atoms with Crippen molar-refractivity contribution < 1.29 is 14.0 Å². The average molecular weight is 263 g/mol. The number of aryl methyl sites for hydroxylation is 1. The minimum Gasteiger partial charge on any atom is -0.444 e. The number of aromatic nitrogens is 1. The lowest BCUT2D eigenvalue weighted by molar-refractivity contribution is -0.139. The van der Waals surface area contributed by atoms with Gasteiger partial charge in [0.15, 0.2) is 0 Å². The molecule has 2 saturated heterocycles. The third kappa shape index (κ3) is 2.22. The molecule has 3 heterocycles. The van der Waals surface area contributed by atoms with E-state index in [2.05, 4.69) is 4.98 Å². The van der Waals surface area contributed by atoms with Crippen LogP contribution >= 0.6 is 0 Å². The standard InChI is InChI=1S/C13H17N3O3/c1-9-7-14-11(19-9)8-15-6-4-12(17)16-5-2-3-10(16)13(15)18/h7,10H,2-6,8H2,1H3. The highest BCUT2D eigenvalue weighted by Crippen LogP contribution is 2.24. The minimum absolute atomic E-state index is 0.0270. The van der Waals surface area contributed by atoms with E-state index in [-0.39, 0.29) is 17.9 Å². The quantitative estimate of drug-likeness (QED) is 0.788. The van der Waals surface area contributed by atoms with Gasteiger partial charge in [-0.05, 0) is 19.8 Å². The summed E-state index contributed by atoms with van der Waals surface area (Å²) in [5.74, 6) is 1.38. The number of amides is 2. The SMILES string of the molecule is Cc1cnc(CN2CCC(=O)N3CCCC3C2=O)o1. The second kappa shape index (κ2) is 4.68. The Morgan fingerprint density at radius 3 is 3.00 bits per heavy atom. The molecule has 0 N–H and O–H groups in total. The molecule has 1 aromatic rings. The van der Waals surface area contributed by atoms with E-state index in [9.17, 15) is 9.59 Å². The highest BCUT2D eigenvalue weighted by atomic mass is 16.4. The molecular formula is C13H17N3O3. The Kier molecular flexibility index (Phi) is 3.00. The summed E-state index contributed by atoms with van der Waals surface area (Å²) in [7, 11) is 0. The summed E-state index contributed by atoms with van der Waals surface area (Å²) in [4.78, 5) is 31.9. The summed E-state index contributed by atoms with van der Waals surface area (Å²) in [6, 6.07) is -0.272. The summed E-state index contributed by atoms with van der Waals surface area (Å²) in [5.41, 5.74) is 0. The Morgan fingerprint density at radius 1 is 1.42 bits per heavy atom. The predicted molar refractivity (Wildman–Crippen MR) is 66.0 cm³/mol. The fraction of sp³-hybridized carbons (Fsp3) is 0.615.